The molecule has 0 atom stereocenters. The van der Waals surface area contributed by atoms with Gasteiger partial charge in [-0.3, -0.25) is 18.7 Å². The van der Waals surface area contributed by atoms with Crippen molar-refractivity contribution < 1.29 is 0 Å². The summed E-state index contributed by atoms with van der Waals surface area (Å²) in [4.78, 5) is 11.8. The third kappa shape index (κ3) is 3.11. The number of imidazole rings is 1. The molecule has 0 amide bonds. The molecule has 0 N–H and O–H groups in total. The van der Waals surface area contributed by atoms with Crippen LogP contribution >= 0.6 is 0 Å². The summed E-state index contributed by atoms with van der Waals surface area (Å²) in [5.41, 5.74) is 3.24. The molecule has 4 aromatic heterocycles. The minimum Gasteiger partial charge on any atom is -0.298 e. The fourth-order valence-corrected chi connectivity index (χ4v) is 4.59. The van der Waals surface area contributed by atoms with Gasteiger partial charge in [-0.25, -0.2) is 9.97 Å². The minimum atomic E-state index is -0.253. The normalized spacial score (nSPS) is 18.2. The molecule has 0 radical (unpaired) electrons. The lowest BCUT2D eigenvalue weighted by molar-refractivity contribution is 0.00217. The first-order chi connectivity index (χ1) is 15.1. The molecule has 9 nitrogen and oxygen atoms in total. The van der Waals surface area contributed by atoms with E-state index in [9.17, 15) is 5.26 Å². The van der Waals surface area contributed by atoms with Crippen LogP contribution < -0.4 is 0 Å². The Labute approximate surface area is 179 Å². The van der Waals surface area contributed by atoms with Crippen molar-refractivity contribution in [2.45, 2.75) is 24.8 Å². The zero-order chi connectivity index (χ0) is 21.0. The van der Waals surface area contributed by atoms with Gasteiger partial charge in [-0.05, 0) is 18.8 Å². The fourth-order valence-electron chi connectivity index (χ4n) is 4.59. The highest BCUT2D eigenvalue weighted by Crippen LogP contribution is 2.38. The fraction of sp³-hybridized carbons (Fsp3) is 0.409. The predicted molar refractivity (Wildman–Crippen MR) is 114 cm³/mol. The lowest BCUT2D eigenvalue weighted by Crippen LogP contribution is -2.62. The van der Waals surface area contributed by atoms with Gasteiger partial charge < -0.3 is 0 Å². The van der Waals surface area contributed by atoms with Crippen molar-refractivity contribution >= 4 is 5.65 Å². The average molecular weight is 413 g/mol. The maximum Gasteiger partial charge on any atom is 0.149 e. The molecule has 4 aromatic rings. The molecule has 1 aliphatic heterocycles. The molecule has 6 rings (SSSR count). The second kappa shape index (κ2) is 6.75. The Kier molecular flexibility index (Phi) is 3.98. The van der Waals surface area contributed by atoms with Crippen molar-refractivity contribution in [2.24, 2.45) is 13.0 Å². The summed E-state index contributed by atoms with van der Waals surface area (Å²) in [6.45, 7) is 2.90. The van der Waals surface area contributed by atoms with E-state index in [1.165, 1.54) is 12.8 Å². The third-order valence-electron chi connectivity index (χ3n) is 6.37. The Morgan fingerprint density at radius 3 is 2.74 bits per heavy atom. The number of rotatable bonds is 6. The van der Waals surface area contributed by atoms with Gasteiger partial charge in [0.2, 0.25) is 0 Å². The Bertz CT molecular complexity index is 1290. The first kappa shape index (κ1) is 18.3. The van der Waals surface area contributed by atoms with Crippen LogP contribution in [0.2, 0.25) is 0 Å². The monoisotopic (exact) mass is 413 g/mol. The van der Waals surface area contributed by atoms with Gasteiger partial charge in [0.1, 0.15) is 17.0 Å². The molecule has 31 heavy (non-hydrogen) atoms. The van der Waals surface area contributed by atoms with Crippen LogP contribution in [0, 0.1) is 17.2 Å². The van der Waals surface area contributed by atoms with Gasteiger partial charge in [0.05, 0.1) is 36.1 Å². The van der Waals surface area contributed by atoms with Crippen LogP contribution in [0.5, 0.6) is 0 Å². The van der Waals surface area contributed by atoms with Gasteiger partial charge >= 0.3 is 0 Å². The Morgan fingerprint density at radius 1 is 1.16 bits per heavy atom. The van der Waals surface area contributed by atoms with Gasteiger partial charge in [-0.2, -0.15) is 15.5 Å². The number of fused-ring (bicyclic) bond motifs is 1. The van der Waals surface area contributed by atoms with Gasteiger partial charge in [0, 0.05) is 63.1 Å². The molecule has 1 saturated heterocycles. The summed E-state index contributed by atoms with van der Waals surface area (Å²) < 4.78 is 5.72. The molecule has 5 heterocycles. The van der Waals surface area contributed by atoms with E-state index in [0.29, 0.717) is 6.42 Å². The number of aromatic nitrogens is 7. The number of nitriles is 1. The molecule has 0 spiro atoms. The summed E-state index contributed by atoms with van der Waals surface area (Å²) in [5.74, 6) is 1.63. The quantitative estimate of drug-likeness (QED) is 0.482. The summed E-state index contributed by atoms with van der Waals surface area (Å²) in [5, 5.41) is 18.4. The molecular weight excluding hydrogens is 390 g/mol. The second-order valence-corrected chi connectivity index (χ2v) is 8.87. The highest BCUT2D eigenvalue weighted by atomic mass is 15.4. The van der Waals surface area contributed by atoms with Crippen LogP contribution in [0.4, 0.5) is 0 Å². The van der Waals surface area contributed by atoms with Crippen LogP contribution in [-0.4, -0.2) is 58.5 Å². The number of likely N-dealkylation sites (tertiary alicyclic amines) is 1. The second-order valence-electron chi connectivity index (χ2n) is 8.87. The standard InChI is InChI=1S/C22H23N9/c1-28-12-17(9-25-28)19-8-20-24-6-7-30(20)21(27-19)18-10-26-31(13-18)22(4-5-23)14-29(15-22)11-16-2-3-16/h6-10,12-13,16H,2-4,11,14-15H2,1H3. The van der Waals surface area contributed by atoms with Crippen LogP contribution in [-0.2, 0) is 12.6 Å². The Morgan fingerprint density at radius 2 is 2.00 bits per heavy atom. The van der Waals surface area contributed by atoms with Crippen molar-refractivity contribution in [3.8, 4) is 28.7 Å². The topological polar surface area (TPSA) is 92.9 Å². The van der Waals surface area contributed by atoms with E-state index >= 15 is 0 Å². The van der Waals surface area contributed by atoms with Gasteiger partial charge in [0.25, 0.3) is 0 Å². The largest absolute Gasteiger partial charge is 0.298 e. The van der Waals surface area contributed by atoms with E-state index in [1.54, 1.807) is 17.1 Å². The number of nitrogens with zero attached hydrogens (tertiary/aromatic N) is 9. The van der Waals surface area contributed by atoms with E-state index in [4.69, 9.17) is 4.98 Å². The van der Waals surface area contributed by atoms with Crippen LogP contribution in [0.15, 0.2) is 43.2 Å². The van der Waals surface area contributed by atoms with Crippen LogP contribution in [0.1, 0.15) is 19.3 Å². The molecule has 9 heteroatoms. The van der Waals surface area contributed by atoms with Crippen molar-refractivity contribution in [3.63, 3.8) is 0 Å². The molecule has 0 bridgehead atoms. The summed E-state index contributed by atoms with van der Waals surface area (Å²) in [6, 6.07) is 4.34. The van der Waals surface area contributed by atoms with Crippen LogP contribution in [0.3, 0.4) is 0 Å². The first-order valence-corrected chi connectivity index (χ1v) is 10.6. The summed E-state index contributed by atoms with van der Waals surface area (Å²) in [6.07, 6.45) is 14.4. The Balaban J connectivity index is 1.36. The van der Waals surface area contributed by atoms with E-state index in [-0.39, 0.29) is 5.54 Å². The highest BCUT2D eigenvalue weighted by molar-refractivity contribution is 5.68. The number of hydrogen-bond acceptors (Lipinski definition) is 6. The molecule has 1 aliphatic carbocycles. The zero-order valence-corrected chi connectivity index (χ0v) is 17.4. The molecule has 1 saturated carbocycles. The van der Waals surface area contributed by atoms with Crippen molar-refractivity contribution in [3.05, 3.63) is 43.2 Å². The smallest absolute Gasteiger partial charge is 0.149 e. The zero-order valence-electron chi connectivity index (χ0n) is 17.4. The summed E-state index contributed by atoms with van der Waals surface area (Å²) >= 11 is 0. The lowest BCUT2D eigenvalue weighted by atomic mass is 9.86. The maximum absolute atomic E-state index is 9.47. The van der Waals surface area contributed by atoms with E-state index < -0.39 is 0 Å². The van der Waals surface area contributed by atoms with Gasteiger partial charge in [-0.1, -0.05) is 0 Å². The molecule has 0 aromatic carbocycles. The molecule has 0 unspecified atom stereocenters. The number of aryl methyl sites for hydroxylation is 1. The van der Waals surface area contributed by atoms with Crippen molar-refractivity contribution in [2.75, 3.05) is 19.6 Å². The lowest BCUT2D eigenvalue weighted by Gasteiger charge is -2.49. The van der Waals surface area contributed by atoms with E-state index in [1.807, 2.05) is 47.0 Å². The Hall–Kier alpha value is -3.51. The predicted octanol–water partition coefficient (Wildman–Crippen LogP) is 2.33. The molecule has 2 aliphatic rings. The van der Waals surface area contributed by atoms with Crippen molar-refractivity contribution in [1.82, 2.24) is 38.8 Å². The first-order valence-electron chi connectivity index (χ1n) is 10.6. The van der Waals surface area contributed by atoms with E-state index in [2.05, 4.69) is 26.2 Å². The average Bonchev–Trinajstić information content (AvgIpc) is 3.14. The molecular formula is C22H23N9. The SMILES string of the molecule is Cn1cc(-c2cc3nccn3c(-c3cnn(C4(CC#N)CN(CC5CC5)C4)c3)n2)cn1. The minimum absolute atomic E-state index is 0.253. The van der Waals surface area contributed by atoms with Gasteiger partial charge in [0.15, 0.2) is 0 Å². The highest BCUT2D eigenvalue weighted by Gasteiger charge is 2.46. The molecule has 2 fully saturated rings. The van der Waals surface area contributed by atoms with Crippen molar-refractivity contribution in [1.29, 1.82) is 5.26 Å². The maximum atomic E-state index is 9.47. The molecule has 156 valence electrons. The summed E-state index contributed by atoms with van der Waals surface area (Å²) in [7, 11) is 1.89. The number of hydrogen-bond donors (Lipinski definition) is 0. The van der Waals surface area contributed by atoms with Gasteiger partial charge in [-0.15, -0.1) is 0 Å². The van der Waals surface area contributed by atoms with Crippen LogP contribution in [0.25, 0.3) is 28.3 Å². The third-order valence-corrected chi connectivity index (χ3v) is 6.37. The van der Waals surface area contributed by atoms with E-state index in [0.717, 1.165) is 53.8 Å².